The maximum Gasteiger partial charge on any atom is 0.148 e. The summed E-state index contributed by atoms with van der Waals surface area (Å²) in [5.41, 5.74) is 1.30. The minimum atomic E-state index is -2.91. The Bertz CT molecular complexity index is 550. The van der Waals surface area contributed by atoms with Crippen molar-refractivity contribution in [2.45, 2.75) is 37.8 Å². The predicted octanol–water partition coefficient (Wildman–Crippen LogP) is 1.96. The van der Waals surface area contributed by atoms with Gasteiger partial charge in [-0.2, -0.15) is 0 Å². The Morgan fingerprint density at radius 1 is 1.40 bits per heavy atom. The molecule has 20 heavy (non-hydrogen) atoms. The lowest BCUT2D eigenvalue weighted by atomic mass is 9.75. The van der Waals surface area contributed by atoms with E-state index in [4.69, 9.17) is 4.74 Å². The number of ether oxygens (including phenoxy) is 1. The Morgan fingerprint density at radius 2 is 2.10 bits per heavy atom. The summed E-state index contributed by atoms with van der Waals surface area (Å²) in [6.07, 6.45) is 3.40. The van der Waals surface area contributed by atoms with Gasteiger partial charge in [-0.15, -0.1) is 0 Å². The van der Waals surface area contributed by atoms with E-state index in [-0.39, 0.29) is 11.8 Å². The van der Waals surface area contributed by atoms with Gasteiger partial charge < -0.3 is 10.1 Å². The van der Waals surface area contributed by atoms with E-state index >= 15 is 0 Å². The standard InChI is InChI=1S/C15H23NO3S/c1-11(10-20(3,17)18)16-14-7-13(8-14)12-5-4-6-15(9-12)19-2/h4-6,9,11,13-14,16H,7-8,10H2,1-3H3. The molecule has 1 saturated carbocycles. The molecular formula is C15H23NO3S. The molecule has 0 saturated heterocycles. The smallest absolute Gasteiger partial charge is 0.148 e. The van der Waals surface area contributed by atoms with E-state index in [1.165, 1.54) is 11.8 Å². The van der Waals surface area contributed by atoms with Crippen LogP contribution in [-0.4, -0.2) is 39.6 Å². The average molecular weight is 297 g/mol. The van der Waals surface area contributed by atoms with Gasteiger partial charge in [0.15, 0.2) is 0 Å². The Morgan fingerprint density at radius 3 is 2.70 bits per heavy atom. The molecule has 1 aromatic rings. The van der Waals surface area contributed by atoms with Gasteiger partial charge in [0.05, 0.1) is 12.9 Å². The van der Waals surface area contributed by atoms with Gasteiger partial charge in [-0.05, 0) is 43.4 Å². The molecule has 1 N–H and O–H groups in total. The molecule has 1 atom stereocenters. The second-order valence-electron chi connectivity index (χ2n) is 5.80. The SMILES string of the molecule is COc1cccc(C2CC(NC(C)CS(C)(=O)=O)C2)c1. The van der Waals surface area contributed by atoms with E-state index < -0.39 is 9.84 Å². The molecule has 0 radical (unpaired) electrons. The summed E-state index contributed by atoms with van der Waals surface area (Å²) >= 11 is 0. The molecule has 4 nitrogen and oxygen atoms in total. The average Bonchev–Trinajstić information content (AvgIpc) is 2.31. The summed E-state index contributed by atoms with van der Waals surface area (Å²) in [6.45, 7) is 1.93. The molecule has 0 heterocycles. The molecule has 112 valence electrons. The highest BCUT2D eigenvalue weighted by molar-refractivity contribution is 7.90. The van der Waals surface area contributed by atoms with Crippen molar-refractivity contribution in [3.05, 3.63) is 29.8 Å². The summed E-state index contributed by atoms with van der Waals surface area (Å²) in [6, 6.07) is 8.61. The summed E-state index contributed by atoms with van der Waals surface area (Å²) < 4.78 is 27.7. The number of nitrogens with one attached hydrogen (secondary N) is 1. The third-order valence-corrected chi connectivity index (χ3v) is 4.88. The zero-order valence-electron chi connectivity index (χ0n) is 12.3. The van der Waals surface area contributed by atoms with Crippen molar-refractivity contribution in [3.8, 4) is 5.75 Å². The molecule has 0 bridgehead atoms. The van der Waals surface area contributed by atoms with Crippen molar-refractivity contribution in [2.24, 2.45) is 0 Å². The molecule has 1 unspecified atom stereocenters. The summed E-state index contributed by atoms with van der Waals surface area (Å²) in [4.78, 5) is 0. The Labute approximate surface area is 121 Å². The maximum absolute atomic E-state index is 11.2. The first-order valence-electron chi connectivity index (χ1n) is 6.95. The first-order valence-corrected chi connectivity index (χ1v) is 9.01. The third-order valence-electron chi connectivity index (χ3n) is 3.78. The first-order chi connectivity index (χ1) is 9.37. The quantitative estimate of drug-likeness (QED) is 0.872. The number of benzene rings is 1. The van der Waals surface area contributed by atoms with E-state index in [2.05, 4.69) is 17.4 Å². The normalized spacial score (nSPS) is 23.9. The molecule has 2 rings (SSSR count). The van der Waals surface area contributed by atoms with Crippen LogP contribution in [0.4, 0.5) is 0 Å². The minimum Gasteiger partial charge on any atom is -0.497 e. The molecule has 0 amide bonds. The van der Waals surface area contributed by atoms with Crippen LogP contribution in [0.15, 0.2) is 24.3 Å². The topological polar surface area (TPSA) is 55.4 Å². The Kier molecular flexibility index (Phi) is 4.70. The summed E-state index contributed by atoms with van der Waals surface area (Å²) in [5.74, 6) is 1.64. The van der Waals surface area contributed by atoms with Gasteiger partial charge in [-0.1, -0.05) is 12.1 Å². The molecule has 0 spiro atoms. The first kappa shape index (κ1) is 15.3. The molecule has 1 aliphatic rings. The van der Waals surface area contributed by atoms with Gasteiger partial charge in [0.2, 0.25) is 0 Å². The Balaban J connectivity index is 1.82. The molecule has 1 fully saturated rings. The van der Waals surface area contributed by atoms with E-state index in [1.807, 2.05) is 19.1 Å². The van der Waals surface area contributed by atoms with E-state index in [9.17, 15) is 8.42 Å². The lowest BCUT2D eigenvalue weighted by Crippen LogP contribution is -2.46. The van der Waals surface area contributed by atoms with Crippen LogP contribution < -0.4 is 10.1 Å². The predicted molar refractivity (Wildman–Crippen MR) is 81.1 cm³/mol. The lowest BCUT2D eigenvalue weighted by Gasteiger charge is -2.38. The van der Waals surface area contributed by atoms with Crippen molar-refractivity contribution in [1.82, 2.24) is 5.32 Å². The maximum atomic E-state index is 11.2. The monoisotopic (exact) mass is 297 g/mol. The Hall–Kier alpha value is -1.07. The van der Waals surface area contributed by atoms with Crippen LogP contribution in [0.25, 0.3) is 0 Å². The van der Waals surface area contributed by atoms with E-state index in [1.54, 1.807) is 7.11 Å². The molecule has 0 aliphatic heterocycles. The molecule has 5 heteroatoms. The summed E-state index contributed by atoms with van der Waals surface area (Å²) in [7, 11) is -1.23. The number of sulfone groups is 1. The minimum absolute atomic E-state index is 0.0151. The largest absolute Gasteiger partial charge is 0.497 e. The van der Waals surface area contributed by atoms with Crippen molar-refractivity contribution in [2.75, 3.05) is 19.1 Å². The van der Waals surface area contributed by atoms with Crippen LogP contribution in [0.5, 0.6) is 5.75 Å². The molecule has 0 aromatic heterocycles. The van der Waals surface area contributed by atoms with Gasteiger partial charge >= 0.3 is 0 Å². The fourth-order valence-corrected chi connectivity index (χ4v) is 3.83. The number of hydrogen-bond acceptors (Lipinski definition) is 4. The van der Waals surface area contributed by atoms with Crippen molar-refractivity contribution >= 4 is 9.84 Å². The zero-order valence-corrected chi connectivity index (χ0v) is 13.1. The van der Waals surface area contributed by atoms with Crippen LogP contribution in [0.3, 0.4) is 0 Å². The van der Waals surface area contributed by atoms with Gasteiger partial charge in [0.1, 0.15) is 15.6 Å². The van der Waals surface area contributed by atoms with Crippen molar-refractivity contribution < 1.29 is 13.2 Å². The van der Waals surface area contributed by atoms with Crippen LogP contribution in [-0.2, 0) is 9.84 Å². The highest BCUT2D eigenvalue weighted by Gasteiger charge is 2.31. The number of methoxy groups -OCH3 is 1. The highest BCUT2D eigenvalue weighted by Crippen LogP contribution is 2.38. The van der Waals surface area contributed by atoms with Gasteiger partial charge in [0, 0.05) is 18.3 Å². The number of hydrogen-bond donors (Lipinski definition) is 1. The molecule has 1 aliphatic carbocycles. The van der Waals surface area contributed by atoms with Crippen LogP contribution in [0.2, 0.25) is 0 Å². The van der Waals surface area contributed by atoms with Gasteiger partial charge in [-0.3, -0.25) is 0 Å². The van der Waals surface area contributed by atoms with Crippen LogP contribution in [0, 0.1) is 0 Å². The second kappa shape index (κ2) is 6.14. The molecule has 1 aromatic carbocycles. The van der Waals surface area contributed by atoms with Crippen LogP contribution >= 0.6 is 0 Å². The van der Waals surface area contributed by atoms with Crippen LogP contribution in [0.1, 0.15) is 31.2 Å². The van der Waals surface area contributed by atoms with Gasteiger partial charge in [-0.25, -0.2) is 8.42 Å². The fourth-order valence-electron chi connectivity index (χ4n) is 2.83. The second-order valence-corrected chi connectivity index (χ2v) is 7.99. The zero-order chi connectivity index (χ0) is 14.8. The van der Waals surface area contributed by atoms with Crippen molar-refractivity contribution in [1.29, 1.82) is 0 Å². The van der Waals surface area contributed by atoms with Gasteiger partial charge in [0.25, 0.3) is 0 Å². The third kappa shape index (κ3) is 4.21. The van der Waals surface area contributed by atoms with Crippen molar-refractivity contribution in [3.63, 3.8) is 0 Å². The lowest BCUT2D eigenvalue weighted by molar-refractivity contribution is 0.275. The summed E-state index contributed by atoms with van der Waals surface area (Å²) in [5, 5.41) is 3.39. The molecular weight excluding hydrogens is 274 g/mol. The number of rotatable bonds is 6. The highest BCUT2D eigenvalue weighted by atomic mass is 32.2. The van der Waals surface area contributed by atoms with E-state index in [0.717, 1.165) is 18.6 Å². The van der Waals surface area contributed by atoms with E-state index in [0.29, 0.717) is 12.0 Å². The fraction of sp³-hybridized carbons (Fsp3) is 0.600.